The first kappa shape index (κ1) is 15.5. The number of nitriles is 1. The van der Waals surface area contributed by atoms with Gasteiger partial charge in [-0.25, -0.2) is 4.98 Å². The molecule has 118 valence electrons. The lowest BCUT2D eigenvalue weighted by atomic mass is 10.1. The minimum absolute atomic E-state index is 0.463. The molecule has 0 aliphatic rings. The first-order valence-electron chi connectivity index (χ1n) is 7.70. The lowest BCUT2D eigenvalue weighted by Crippen LogP contribution is -1.97. The molecule has 1 aromatic carbocycles. The van der Waals surface area contributed by atoms with E-state index in [1.807, 2.05) is 32.0 Å². The van der Waals surface area contributed by atoms with Gasteiger partial charge >= 0.3 is 0 Å². The Balaban J connectivity index is 2.19. The molecule has 3 aromatic rings. The number of aromatic nitrogens is 3. The molecular weight excluding hydrogens is 308 g/mol. The summed E-state index contributed by atoms with van der Waals surface area (Å²) in [4.78, 5) is 5.41. The number of aryl methyl sites for hydroxylation is 2. The predicted molar refractivity (Wildman–Crippen MR) is 90.9 cm³/mol. The molecule has 3 rings (SSSR count). The van der Waals surface area contributed by atoms with Gasteiger partial charge in [0.25, 0.3) is 0 Å². The summed E-state index contributed by atoms with van der Waals surface area (Å²) in [7, 11) is 0. The number of hydrogen-bond donors (Lipinski definition) is 0. The van der Waals surface area contributed by atoms with Gasteiger partial charge in [0.2, 0.25) is 4.96 Å². The second-order valence-electron chi connectivity index (χ2n) is 5.29. The van der Waals surface area contributed by atoms with Crippen molar-refractivity contribution >= 4 is 16.3 Å². The molecule has 0 atom stereocenters. The number of fused-ring (bicyclic) bond motifs is 1. The normalized spacial score (nSPS) is 10.9. The summed E-state index contributed by atoms with van der Waals surface area (Å²) in [6, 6.07) is 8.18. The van der Waals surface area contributed by atoms with Crippen LogP contribution in [0, 0.1) is 18.3 Å². The average Bonchev–Trinajstić information content (AvgIpc) is 3.06. The van der Waals surface area contributed by atoms with Gasteiger partial charge in [0.05, 0.1) is 6.61 Å². The summed E-state index contributed by atoms with van der Waals surface area (Å²) < 4.78 is 7.36. The van der Waals surface area contributed by atoms with Gasteiger partial charge in [-0.2, -0.15) is 14.9 Å². The van der Waals surface area contributed by atoms with Crippen molar-refractivity contribution in [2.75, 3.05) is 6.61 Å². The van der Waals surface area contributed by atoms with Crippen molar-refractivity contribution in [1.29, 1.82) is 5.26 Å². The molecule has 0 N–H and O–H groups in total. The fourth-order valence-electron chi connectivity index (χ4n) is 2.50. The Bertz CT molecular complexity index is 888. The Morgan fingerprint density at radius 2 is 2.17 bits per heavy atom. The first-order valence-corrected chi connectivity index (χ1v) is 8.51. The minimum atomic E-state index is 0.463. The topological polar surface area (TPSA) is 63.2 Å². The van der Waals surface area contributed by atoms with E-state index in [2.05, 4.69) is 23.1 Å². The molecule has 6 heteroatoms. The van der Waals surface area contributed by atoms with E-state index in [-0.39, 0.29) is 0 Å². The molecule has 2 heterocycles. The van der Waals surface area contributed by atoms with Crippen LogP contribution in [0.2, 0.25) is 0 Å². The van der Waals surface area contributed by atoms with Crippen LogP contribution < -0.4 is 4.74 Å². The van der Waals surface area contributed by atoms with E-state index in [9.17, 15) is 5.26 Å². The minimum Gasteiger partial charge on any atom is -0.493 e. The number of ether oxygens (including phenoxy) is 1. The highest BCUT2D eigenvalue weighted by atomic mass is 32.1. The lowest BCUT2D eigenvalue weighted by molar-refractivity contribution is 0.341. The molecule has 0 amide bonds. The monoisotopic (exact) mass is 326 g/mol. The molecule has 0 aliphatic heterocycles. The van der Waals surface area contributed by atoms with Crippen molar-refractivity contribution < 1.29 is 4.74 Å². The van der Waals surface area contributed by atoms with Crippen LogP contribution in [0.3, 0.4) is 0 Å². The summed E-state index contributed by atoms with van der Waals surface area (Å²) in [6.45, 7) is 6.64. The Kier molecular flexibility index (Phi) is 4.30. The highest BCUT2D eigenvalue weighted by Crippen LogP contribution is 2.34. The second-order valence-corrected chi connectivity index (χ2v) is 6.33. The van der Waals surface area contributed by atoms with Gasteiger partial charge in [0.15, 0.2) is 5.69 Å². The van der Waals surface area contributed by atoms with E-state index in [1.54, 1.807) is 4.52 Å². The van der Waals surface area contributed by atoms with Crippen LogP contribution >= 0.6 is 11.3 Å². The quantitative estimate of drug-likeness (QED) is 0.711. The largest absolute Gasteiger partial charge is 0.493 e. The van der Waals surface area contributed by atoms with Gasteiger partial charge in [-0.15, -0.1) is 0 Å². The zero-order valence-corrected chi connectivity index (χ0v) is 14.3. The van der Waals surface area contributed by atoms with Crippen LogP contribution in [-0.4, -0.2) is 21.2 Å². The van der Waals surface area contributed by atoms with Crippen LogP contribution in [0.25, 0.3) is 16.2 Å². The average molecular weight is 326 g/mol. The third-order valence-electron chi connectivity index (χ3n) is 3.51. The maximum atomic E-state index is 9.61. The van der Waals surface area contributed by atoms with Crippen molar-refractivity contribution in [1.82, 2.24) is 14.6 Å². The summed E-state index contributed by atoms with van der Waals surface area (Å²) >= 11 is 1.54. The van der Waals surface area contributed by atoms with Crippen LogP contribution in [0.15, 0.2) is 18.2 Å². The Hall–Kier alpha value is -2.39. The van der Waals surface area contributed by atoms with Crippen LogP contribution in [0.4, 0.5) is 0 Å². The van der Waals surface area contributed by atoms with Crippen molar-refractivity contribution in [3.63, 3.8) is 0 Å². The molecule has 0 radical (unpaired) electrons. The zero-order valence-electron chi connectivity index (χ0n) is 13.5. The van der Waals surface area contributed by atoms with E-state index in [4.69, 9.17) is 4.74 Å². The number of rotatable bonds is 5. The Morgan fingerprint density at radius 3 is 2.87 bits per heavy atom. The number of imidazole rings is 1. The molecule has 0 bridgehead atoms. The molecular formula is C17H18N4OS. The standard InChI is InChI=1S/C17H18N4OS/c1-4-6-15-20-21-13(10-18)16(19-17(21)23-15)12-9-11(3)7-8-14(12)22-5-2/h7-9H,4-6H2,1-3H3. The van der Waals surface area contributed by atoms with E-state index < -0.39 is 0 Å². The molecule has 23 heavy (non-hydrogen) atoms. The van der Waals surface area contributed by atoms with Gasteiger partial charge in [0.1, 0.15) is 22.5 Å². The van der Waals surface area contributed by atoms with Crippen LogP contribution in [-0.2, 0) is 6.42 Å². The predicted octanol–water partition coefficient (Wildman–Crippen LogP) is 3.99. The molecule has 0 saturated heterocycles. The third-order valence-corrected chi connectivity index (χ3v) is 4.47. The molecule has 5 nitrogen and oxygen atoms in total. The van der Waals surface area contributed by atoms with Crippen molar-refractivity contribution in [3.8, 4) is 23.1 Å². The third kappa shape index (κ3) is 2.80. The highest BCUT2D eigenvalue weighted by molar-refractivity contribution is 7.16. The van der Waals surface area contributed by atoms with Crippen molar-refractivity contribution in [2.24, 2.45) is 0 Å². The molecule has 0 unspecified atom stereocenters. The molecule has 0 aliphatic carbocycles. The summed E-state index contributed by atoms with van der Waals surface area (Å²) in [5, 5.41) is 15.1. The maximum Gasteiger partial charge on any atom is 0.214 e. The van der Waals surface area contributed by atoms with Crippen LogP contribution in [0.1, 0.15) is 36.5 Å². The second kappa shape index (κ2) is 6.39. The maximum absolute atomic E-state index is 9.61. The molecule has 0 saturated carbocycles. The van der Waals surface area contributed by atoms with E-state index >= 15 is 0 Å². The number of hydrogen-bond acceptors (Lipinski definition) is 5. The van der Waals surface area contributed by atoms with E-state index in [0.717, 1.165) is 39.7 Å². The SMILES string of the molecule is CCCc1nn2c(C#N)c(-c3cc(C)ccc3OCC)nc2s1. The molecule has 0 fully saturated rings. The lowest BCUT2D eigenvalue weighted by Gasteiger charge is -2.09. The smallest absolute Gasteiger partial charge is 0.214 e. The van der Waals surface area contributed by atoms with Crippen molar-refractivity contribution in [3.05, 3.63) is 34.5 Å². The first-order chi connectivity index (χ1) is 11.2. The Morgan fingerprint density at radius 1 is 1.35 bits per heavy atom. The van der Waals surface area contributed by atoms with Gasteiger partial charge in [-0.1, -0.05) is 29.9 Å². The zero-order chi connectivity index (χ0) is 16.4. The van der Waals surface area contributed by atoms with Gasteiger partial charge < -0.3 is 4.74 Å². The molecule has 0 spiro atoms. The van der Waals surface area contributed by atoms with E-state index in [1.165, 1.54) is 11.3 Å². The van der Waals surface area contributed by atoms with E-state index in [0.29, 0.717) is 18.0 Å². The fraction of sp³-hybridized carbons (Fsp3) is 0.353. The number of nitrogens with zero attached hydrogens (tertiary/aromatic N) is 4. The summed E-state index contributed by atoms with van der Waals surface area (Å²) in [5.74, 6) is 0.745. The van der Waals surface area contributed by atoms with Crippen LogP contribution in [0.5, 0.6) is 5.75 Å². The van der Waals surface area contributed by atoms with Gasteiger partial charge in [0, 0.05) is 12.0 Å². The summed E-state index contributed by atoms with van der Waals surface area (Å²) in [6.07, 6.45) is 1.93. The van der Waals surface area contributed by atoms with Crippen molar-refractivity contribution in [2.45, 2.75) is 33.6 Å². The number of benzene rings is 1. The summed E-state index contributed by atoms with van der Waals surface area (Å²) in [5.41, 5.74) is 3.05. The highest BCUT2D eigenvalue weighted by Gasteiger charge is 2.20. The molecule has 2 aromatic heterocycles. The Labute approximate surface area is 139 Å². The van der Waals surface area contributed by atoms with Gasteiger partial charge in [-0.3, -0.25) is 0 Å². The van der Waals surface area contributed by atoms with Gasteiger partial charge in [-0.05, 0) is 32.4 Å². The fourth-order valence-corrected chi connectivity index (χ4v) is 3.50.